The fraction of sp³-hybridized carbons (Fsp3) is 0.105. The monoisotopic (exact) mass is 424 g/mol. The Morgan fingerprint density at radius 2 is 2.00 bits per heavy atom. The van der Waals surface area contributed by atoms with Gasteiger partial charge in [-0.15, -0.1) is 21.5 Å². The second-order valence-electron chi connectivity index (χ2n) is 5.73. The third-order valence-electron chi connectivity index (χ3n) is 3.87. The highest BCUT2D eigenvalue weighted by Gasteiger charge is 2.18. The molecule has 0 radical (unpaired) electrons. The number of pyridine rings is 1. The van der Waals surface area contributed by atoms with Crippen molar-refractivity contribution in [3.63, 3.8) is 0 Å². The average Bonchev–Trinajstić information content (AvgIpc) is 3.43. The fourth-order valence-corrected chi connectivity index (χ4v) is 3.86. The number of carbonyl (C=O) groups excluding carboxylic acids is 1. The smallest absolute Gasteiger partial charge is 0.236 e. The van der Waals surface area contributed by atoms with Crippen LogP contribution in [-0.4, -0.2) is 43.5 Å². The van der Waals surface area contributed by atoms with Gasteiger partial charge in [-0.25, -0.2) is 4.98 Å². The zero-order valence-corrected chi connectivity index (χ0v) is 17.0. The van der Waals surface area contributed by atoms with Crippen LogP contribution in [-0.2, 0) is 4.79 Å². The van der Waals surface area contributed by atoms with E-state index in [0.29, 0.717) is 21.8 Å². The van der Waals surface area contributed by atoms with Crippen molar-refractivity contribution < 1.29 is 9.53 Å². The van der Waals surface area contributed by atoms with Crippen LogP contribution in [0.2, 0.25) is 0 Å². The SMILES string of the molecule is COc1ccc(-n2c(SCC(=O)Nc3nccs3)nnc2-c2ccccn2)cc1. The van der Waals surface area contributed by atoms with Crippen molar-refractivity contribution in [3.8, 4) is 23.0 Å². The molecule has 3 heterocycles. The van der Waals surface area contributed by atoms with Gasteiger partial charge in [0.15, 0.2) is 16.1 Å². The van der Waals surface area contributed by atoms with Crippen molar-refractivity contribution >= 4 is 34.1 Å². The van der Waals surface area contributed by atoms with E-state index in [9.17, 15) is 4.79 Å². The molecule has 0 fully saturated rings. The number of methoxy groups -OCH3 is 1. The molecule has 29 heavy (non-hydrogen) atoms. The molecule has 1 aromatic carbocycles. The molecule has 1 amide bonds. The molecule has 0 saturated heterocycles. The summed E-state index contributed by atoms with van der Waals surface area (Å²) in [5.41, 5.74) is 1.54. The highest BCUT2D eigenvalue weighted by molar-refractivity contribution is 7.99. The van der Waals surface area contributed by atoms with E-state index in [1.807, 2.05) is 52.4 Å². The predicted molar refractivity (Wildman–Crippen MR) is 113 cm³/mol. The van der Waals surface area contributed by atoms with Gasteiger partial charge in [0.1, 0.15) is 11.4 Å². The molecule has 0 unspecified atom stereocenters. The summed E-state index contributed by atoms with van der Waals surface area (Å²) >= 11 is 2.66. The van der Waals surface area contributed by atoms with Gasteiger partial charge in [-0.3, -0.25) is 14.3 Å². The van der Waals surface area contributed by atoms with Crippen LogP contribution in [0, 0.1) is 0 Å². The number of amides is 1. The molecule has 146 valence electrons. The summed E-state index contributed by atoms with van der Waals surface area (Å²) in [6, 6.07) is 13.2. The van der Waals surface area contributed by atoms with Crippen LogP contribution < -0.4 is 10.1 Å². The van der Waals surface area contributed by atoms with Crippen molar-refractivity contribution in [3.05, 3.63) is 60.2 Å². The number of rotatable bonds is 7. The third-order valence-corrected chi connectivity index (χ3v) is 5.49. The highest BCUT2D eigenvalue weighted by atomic mass is 32.2. The van der Waals surface area contributed by atoms with Gasteiger partial charge < -0.3 is 10.1 Å². The maximum atomic E-state index is 12.2. The van der Waals surface area contributed by atoms with Gasteiger partial charge in [0.25, 0.3) is 0 Å². The molecule has 0 bridgehead atoms. The lowest BCUT2D eigenvalue weighted by molar-refractivity contribution is -0.113. The first kappa shape index (κ1) is 19.1. The van der Waals surface area contributed by atoms with Crippen LogP contribution in [0.4, 0.5) is 5.13 Å². The Balaban J connectivity index is 1.62. The number of aromatic nitrogens is 5. The van der Waals surface area contributed by atoms with E-state index in [4.69, 9.17) is 4.74 Å². The quantitative estimate of drug-likeness (QED) is 0.454. The van der Waals surface area contributed by atoms with Crippen LogP contribution in [0.25, 0.3) is 17.2 Å². The fourth-order valence-electron chi connectivity index (χ4n) is 2.56. The Hall–Kier alpha value is -3.24. The number of thiazole rings is 1. The molecule has 10 heteroatoms. The second kappa shape index (κ2) is 8.84. The molecule has 4 aromatic rings. The van der Waals surface area contributed by atoms with Crippen LogP contribution in [0.15, 0.2) is 65.4 Å². The largest absolute Gasteiger partial charge is 0.497 e. The number of hydrogen-bond acceptors (Lipinski definition) is 8. The summed E-state index contributed by atoms with van der Waals surface area (Å²) in [5, 5.41) is 14.3. The van der Waals surface area contributed by atoms with Crippen LogP contribution in [0.5, 0.6) is 5.75 Å². The van der Waals surface area contributed by atoms with E-state index in [2.05, 4.69) is 25.5 Å². The van der Waals surface area contributed by atoms with Crippen LogP contribution >= 0.6 is 23.1 Å². The average molecular weight is 425 g/mol. The molecule has 0 aliphatic carbocycles. The standard InChI is InChI=1S/C19H16N6O2S2/c1-27-14-7-5-13(6-8-14)25-17(15-4-2-3-9-20-15)23-24-19(25)29-12-16(26)22-18-21-10-11-28-18/h2-11H,12H2,1H3,(H,21,22,26). The van der Waals surface area contributed by atoms with E-state index in [1.54, 1.807) is 19.5 Å². The first-order valence-electron chi connectivity index (χ1n) is 8.58. The maximum absolute atomic E-state index is 12.2. The number of anilines is 1. The molecule has 3 aromatic heterocycles. The summed E-state index contributed by atoms with van der Waals surface area (Å²) in [7, 11) is 1.62. The van der Waals surface area contributed by atoms with Gasteiger partial charge in [-0.2, -0.15) is 0 Å². The lowest BCUT2D eigenvalue weighted by Crippen LogP contribution is -2.14. The van der Waals surface area contributed by atoms with Gasteiger partial charge in [0.2, 0.25) is 5.91 Å². The van der Waals surface area contributed by atoms with E-state index in [-0.39, 0.29) is 11.7 Å². The van der Waals surface area contributed by atoms with E-state index < -0.39 is 0 Å². The highest BCUT2D eigenvalue weighted by Crippen LogP contribution is 2.28. The molecule has 1 N–H and O–H groups in total. The number of hydrogen-bond donors (Lipinski definition) is 1. The van der Waals surface area contributed by atoms with Crippen LogP contribution in [0.3, 0.4) is 0 Å². The number of ether oxygens (including phenoxy) is 1. The third kappa shape index (κ3) is 4.44. The molecule has 0 saturated carbocycles. The maximum Gasteiger partial charge on any atom is 0.236 e. The van der Waals surface area contributed by atoms with Crippen molar-refractivity contribution in [2.24, 2.45) is 0 Å². The second-order valence-corrected chi connectivity index (χ2v) is 7.57. The van der Waals surface area contributed by atoms with E-state index in [1.165, 1.54) is 23.1 Å². The molecular formula is C19H16N6O2S2. The lowest BCUT2D eigenvalue weighted by Gasteiger charge is -2.10. The molecule has 0 aliphatic heterocycles. The summed E-state index contributed by atoms with van der Waals surface area (Å²) in [5.74, 6) is 1.36. The van der Waals surface area contributed by atoms with Crippen molar-refractivity contribution in [1.82, 2.24) is 24.7 Å². The predicted octanol–water partition coefficient (Wildman–Crippen LogP) is 3.53. The number of nitrogens with one attached hydrogen (secondary N) is 1. The number of nitrogens with zero attached hydrogens (tertiary/aromatic N) is 5. The van der Waals surface area contributed by atoms with Gasteiger partial charge in [0, 0.05) is 17.8 Å². The van der Waals surface area contributed by atoms with E-state index in [0.717, 1.165) is 11.4 Å². The topological polar surface area (TPSA) is 94.8 Å². The summed E-state index contributed by atoms with van der Waals surface area (Å²) < 4.78 is 7.12. The molecule has 0 atom stereocenters. The first-order valence-corrected chi connectivity index (χ1v) is 10.4. The number of benzene rings is 1. The van der Waals surface area contributed by atoms with E-state index >= 15 is 0 Å². The Kier molecular flexibility index (Phi) is 5.82. The van der Waals surface area contributed by atoms with Crippen molar-refractivity contribution in [2.45, 2.75) is 5.16 Å². The molecular weight excluding hydrogens is 408 g/mol. The summed E-state index contributed by atoms with van der Waals surface area (Å²) in [6.07, 6.45) is 3.35. The molecule has 0 spiro atoms. The minimum atomic E-state index is -0.159. The van der Waals surface area contributed by atoms with Crippen molar-refractivity contribution in [2.75, 3.05) is 18.2 Å². The zero-order valence-electron chi connectivity index (χ0n) is 15.3. The van der Waals surface area contributed by atoms with Crippen LogP contribution in [0.1, 0.15) is 0 Å². The minimum absolute atomic E-state index is 0.159. The Labute approximate surface area is 175 Å². The Bertz CT molecular complexity index is 1080. The van der Waals surface area contributed by atoms with Gasteiger partial charge in [-0.05, 0) is 36.4 Å². The Morgan fingerprint density at radius 1 is 1.14 bits per heavy atom. The summed E-state index contributed by atoms with van der Waals surface area (Å²) in [4.78, 5) is 20.7. The van der Waals surface area contributed by atoms with Crippen molar-refractivity contribution in [1.29, 1.82) is 0 Å². The molecule has 4 rings (SSSR count). The van der Waals surface area contributed by atoms with Gasteiger partial charge >= 0.3 is 0 Å². The number of carbonyl (C=O) groups is 1. The lowest BCUT2D eigenvalue weighted by atomic mass is 10.3. The van der Waals surface area contributed by atoms with Gasteiger partial charge in [-0.1, -0.05) is 17.8 Å². The Morgan fingerprint density at radius 3 is 2.69 bits per heavy atom. The number of thioether (sulfide) groups is 1. The zero-order chi connectivity index (χ0) is 20.1. The molecule has 0 aliphatic rings. The summed E-state index contributed by atoms with van der Waals surface area (Å²) in [6.45, 7) is 0. The first-order chi connectivity index (χ1) is 14.2. The molecule has 8 nitrogen and oxygen atoms in total. The minimum Gasteiger partial charge on any atom is -0.497 e. The van der Waals surface area contributed by atoms with Gasteiger partial charge in [0.05, 0.1) is 18.6 Å². The normalized spacial score (nSPS) is 10.7.